The van der Waals surface area contributed by atoms with Gasteiger partial charge in [0.05, 0.1) is 20.6 Å². The van der Waals surface area contributed by atoms with Gasteiger partial charge in [-0.25, -0.2) is 0 Å². The standard InChI is InChI=1S/C25H34N2O4/c1-7-22(24(29)26-25(2,3)4)27(17-19-10-14-21(31-6)15-11-19)23(28)16-18-8-12-20(30-5)13-9-18/h8-15,22H,7,16-17H2,1-6H3,(H,26,29)/t22-/m1/s1. The van der Waals surface area contributed by atoms with Crippen LogP contribution in [-0.2, 0) is 22.6 Å². The molecule has 0 saturated carbocycles. The van der Waals surface area contributed by atoms with Gasteiger partial charge in [-0.2, -0.15) is 0 Å². The lowest BCUT2D eigenvalue weighted by molar-refractivity contribution is -0.141. The van der Waals surface area contributed by atoms with E-state index in [0.717, 1.165) is 22.6 Å². The number of nitrogens with zero attached hydrogens (tertiary/aromatic N) is 1. The first-order valence-electron chi connectivity index (χ1n) is 10.5. The second kappa shape index (κ2) is 10.8. The zero-order valence-corrected chi connectivity index (χ0v) is 19.4. The van der Waals surface area contributed by atoms with Gasteiger partial charge >= 0.3 is 0 Å². The van der Waals surface area contributed by atoms with Crippen molar-refractivity contribution in [1.29, 1.82) is 0 Å². The van der Waals surface area contributed by atoms with Crippen molar-refractivity contribution in [2.45, 2.75) is 58.7 Å². The molecule has 0 heterocycles. The van der Waals surface area contributed by atoms with Crippen LogP contribution in [-0.4, -0.2) is 42.5 Å². The van der Waals surface area contributed by atoms with Crippen molar-refractivity contribution in [3.63, 3.8) is 0 Å². The van der Waals surface area contributed by atoms with E-state index in [2.05, 4.69) is 5.32 Å². The Labute approximate surface area is 185 Å². The maximum absolute atomic E-state index is 13.4. The number of rotatable bonds is 9. The van der Waals surface area contributed by atoms with Crippen molar-refractivity contribution < 1.29 is 19.1 Å². The summed E-state index contributed by atoms with van der Waals surface area (Å²) in [6.45, 7) is 8.07. The largest absolute Gasteiger partial charge is 0.497 e. The average molecular weight is 427 g/mol. The zero-order valence-electron chi connectivity index (χ0n) is 19.4. The minimum atomic E-state index is -0.563. The monoisotopic (exact) mass is 426 g/mol. The Balaban J connectivity index is 2.29. The number of benzene rings is 2. The molecule has 2 rings (SSSR count). The zero-order chi connectivity index (χ0) is 23.0. The first kappa shape index (κ1) is 24.3. The summed E-state index contributed by atoms with van der Waals surface area (Å²) in [7, 11) is 3.22. The first-order chi connectivity index (χ1) is 14.7. The van der Waals surface area contributed by atoms with E-state index in [1.807, 2.05) is 76.2 Å². The van der Waals surface area contributed by atoms with Crippen LogP contribution in [0, 0.1) is 0 Å². The average Bonchev–Trinajstić information content (AvgIpc) is 2.73. The summed E-state index contributed by atoms with van der Waals surface area (Å²) in [5.41, 5.74) is 1.43. The van der Waals surface area contributed by atoms with Crippen LogP contribution in [0.25, 0.3) is 0 Å². The highest BCUT2D eigenvalue weighted by Crippen LogP contribution is 2.19. The molecular formula is C25H34N2O4. The third-order valence-corrected chi connectivity index (χ3v) is 4.91. The van der Waals surface area contributed by atoms with E-state index in [4.69, 9.17) is 9.47 Å². The molecule has 2 aromatic carbocycles. The van der Waals surface area contributed by atoms with E-state index in [-0.39, 0.29) is 23.8 Å². The summed E-state index contributed by atoms with van der Waals surface area (Å²) >= 11 is 0. The Kier molecular flexibility index (Phi) is 8.48. The maximum Gasteiger partial charge on any atom is 0.243 e. The van der Waals surface area contributed by atoms with E-state index in [9.17, 15) is 9.59 Å². The highest BCUT2D eigenvalue weighted by Gasteiger charge is 2.30. The molecule has 0 spiro atoms. The maximum atomic E-state index is 13.4. The van der Waals surface area contributed by atoms with E-state index in [1.165, 1.54) is 0 Å². The number of hydrogen-bond acceptors (Lipinski definition) is 4. The van der Waals surface area contributed by atoms with Crippen molar-refractivity contribution in [2.75, 3.05) is 14.2 Å². The van der Waals surface area contributed by atoms with Crippen LogP contribution in [0.3, 0.4) is 0 Å². The molecule has 2 amide bonds. The topological polar surface area (TPSA) is 67.9 Å². The van der Waals surface area contributed by atoms with Crippen LogP contribution in [0.1, 0.15) is 45.2 Å². The van der Waals surface area contributed by atoms with Gasteiger partial charge in [-0.15, -0.1) is 0 Å². The van der Waals surface area contributed by atoms with E-state index in [1.54, 1.807) is 19.1 Å². The second-order valence-electron chi connectivity index (χ2n) is 8.56. The van der Waals surface area contributed by atoms with Crippen LogP contribution >= 0.6 is 0 Å². The summed E-state index contributed by atoms with van der Waals surface area (Å²) in [5, 5.41) is 3.02. The summed E-state index contributed by atoms with van der Waals surface area (Å²) in [4.78, 5) is 28.0. The van der Waals surface area contributed by atoms with Crippen LogP contribution in [0.15, 0.2) is 48.5 Å². The lowest BCUT2D eigenvalue weighted by Gasteiger charge is -2.33. The number of hydrogen-bond donors (Lipinski definition) is 1. The van der Waals surface area contributed by atoms with Gasteiger partial charge in [0.1, 0.15) is 17.5 Å². The molecule has 6 heteroatoms. The molecule has 0 fully saturated rings. The highest BCUT2D eigenvalue weighted by molar-refractivity contribution is 5.88. The molecule has 0 aliphatic carbocycles. The summed E-state index contributed by atoms with van der Waals surface area (Å²) in [5.74, 6) is 1.24. The number of nitrogens with one attached hydrogen (secondary N) is 1. The molecule has 1 atom stereocenters. The van der Waals surface area contributed by atoms with Gasteiger partial charge in [-0.3, -0.25) is 9.59 Å². The van der Waals surface area contributed by atoms with Gasteiger partial charge in [0.25, 0.3) is 0 Å². The van der Waals surface area contributed by atoms with E-state index >= 15 is 0 Å². The molecule has 0 unspecified atom stereocenters. The lowest BCUT2D eigenvalue weighted by atomic mass is 10.0. The van der Waals surface area contributed by atoms with Gasteiger partial charge in [-0.1, -0.05) is 31.2 Å². The molecule has 0 aliphatic heterocycles. The Bertz CT molecular complexity index is 855. The molecule has 0 aliphatic rings. The molecule has 0 bridgehead atoms. The normalized spacial score (nSPS) is 12.1. The molecule has 0 radical (unpaired) electrons. The van der Waals surface area contributed by atoms with Crippen LogP contribution in [0.2, 0.25) is 0 Å². The molecule has 0 aromatic heterocycles. The minimum absolute atomic E-state index is 0.100. The quantitative estimate of drug-likeness (QED) is 0.659. The summed E-state index contributed by atoms with van der Waals surface area (Å²) in [6.07, 6.45) is 0.728. The fourth-order valence-electron chi connectivity index (χ4n) is 3.32. The third kappa shape index (κ3) is 7.31. The lowest BCUT2D eigenvalue weighted by Crippen LogP contribution is -2.53. The molecule has 0 saturated heterocycles. The van der Waals surface area contributed by atoms with Gasteiger partial charge in [0.2, 0.25) is 11.8 Å². The Morgan fingerprint density at radius 1 is 0.903 bits per heavy atom. The van der Waals surface area contributed by atoms with Crippen LogP contribution in [0.4, 0.5) is 0 Å². The molecule has 1 N–H and O–H groups in total. The van der Waals surface area contributed by atoms with E-state index < -0.39 is 6.04 Å². The van der Waals surface area contributed by atoms with Crippen molar-refractivity contribution in [2.24, 2.45) is 0 Å². The van der Waals surface area contributed by atoms with Crippen LogP contribution < -0.4 is 14.8 Å². The second-order valence-corrected chi connectivity index (χ2v) is 8.56. The molecule has 6 nitrogen and oxygen atoms in total. The highest BCUT2D eigenvalue weighted by atomic mass is 16.5. The van der Waals surface area contributed by atoms with Crippen molar-refractivity contribution in [1.82, 2.24) is 10.2 Å². The molecular weight excluding hydrogens is 392 g/mol. The van der Waals surface area contributed by atoms with Gasteiger partial charge in [0.15, 0.2) is 0 Å². The fraction of sp³-hybridized carbons (Fsp3) is 0.440. The van der Waals surface area contributed by atoms with Crippen molar-refractivity contribution in [3.05, 3.63) is 59.7 Å². The third-order valence-electron chi connectivity index (χ3n) is 4.91. The predicted octanol–water partition coefficient (Wildman–Crippen LogP) is 3.97. The van der Waals surface area contributed by atoms with Gasteiger partial charge in [-0.05, 0) is 62.6 Å². The molecule has 31 heavy (non-hydrogen) atoms. The van der Waals surface area contributed by atoms with Gasteiger partial charge < -0.3 is 19.7 Å². The Hall–Kier alpha value is -3.02. The van der Waals surface area contributed by atoms with Crippen molar-refractivity contribution in [3.8, 4) is 11.5 Å². The Morgan fingerprint density at radius 2 is 1.39 bits per heavy atom. The summed E-state index contributed by atoms with van der Waals surface area (Å²) in [6, 6.07) is 14.4. The Morgan fingerprint density at radius 3 is 1.81 bits per heavy atom. The van der Waals surface area contributed by atoms with Crippen LogP contribution in [0.5, 0.6) is 11.5 Å². The van der Waals surface area contributed by atoms with Gasteiger partial charge in [0, 0.05) is 12.1 Å². The SMILES string of the molecule is CC[C@H](C(=O)NC(C)(C)C)N(Cc1ccc(OC)cc1)C(=O)Cc1ccc(OC)cc1. The fourth-order valence-corrected chi connectivity index (χ4v) is 3.32. The number of carbonyl (C=O) groups is 2. The first-order valence-corrected chi connectivity index (χ1v) is 10.5. The minimum Gasteiger partial charge on any atom is -0.497 e. The molecule has 168 valence electrons. The predicted molar refractivity (Wildman–Crippen MR) is 122 cm³/mol. The van der Waals surface area contributed by atoms with E-state index in [0.29, 0.717) is 13.0 Å². The smallest absolute Gasteiger partial charge is 0.243 e. The number of amides is 2. The number of ether oxygens (including phenoxy) is 2. The summed E-state index contributed by atoms with van der Waals surface area (Å²) < 4.78 is 10.4. The molecule has 2 aromatic rings. The number of methoxy groups -OCH3 is 2. The van der Waals surface area contributed by atoms with Crippen molar-refractivity contribution >= 4 is 11.8 Å². The number of carbonyl (C=O) groups excluding carboxylic acids is 2.